The van der Waals surface area contributed by atoms with Gasteiger partial charge in [-0.15, -0.1) is 13.2 Å². The van der Waals surface area contributed by atoms with Crippen LogP contribution in [0, 0.1) is 11.6 Å². The number of hydrogen-bond acceptors (Lipinski definition) is 2. The van der Waals surface area contributed by atoms with Crippen LogP contribution in [0.4, 0.5) is 22.0 Å². The van der Waals surface area contributed by atoms with Crippen LogP contribution in [0.15, 0.2) is 72.8 Å². The number of fused-ring (bicyclic) bond motifs is 1. The zero-order valence-electron chi connectivity index (χ0n) is 22.5. The molecule has 0 bridgehead atoms. The number of halogens is 5. The molecule has 2 nitrogen and oxygen atoms in total. The van der Waals surface area contributed by atoms with E-state index in [1.54, 1.807) is 36.4 Å². The SMILES string of the molecule is CCCCCCOc1ccc(CCc2ccc3c(F)c(CCc4ccc(OC(F)(F)F)cc4)ccc3c2)c(F)c1. The van der Waals surface area contributed by atoms with Gasteiger partial charge >= 0.3 is 6.36 Å². The van der Waals surface area contributed by atoms with Crippen LogP contribution in [0.25, 0.3) is 10.8 Å². The van der Waals surface area contributed by atoms with Gasteiger partial charge in [0.25, 0.3) is 0 Å². The Balaban J connectivity index is 1.33. The minimum Gasteiger partial charge on any atom is -0.493 e. The topological polar surface area (TPSA) is 18.5 Å². The number of hydrogen-bond donors (Lipinski definition) is 0. The summed E-state index contributed by atoms with van der Waals surface area (Å²) in [6, 6.07) is 19.8. The molecule has 0 saturated carbocycles. The fourth-order valence-electron chi connectivity index (χ4n) is 4.69. The number of unbranched alkanes of at least 4 members (excludes halogenated alkanes) is 3. The highest BCUT2D eigenvalue weighted by Crippen LogP contribution is 2.26. The highest BCUT2D eigenvalue weighted by Gasteiger charge is 2.30. The van der Waals surface area contributed by atoms with Crippen LogP contribution >= 0.6 is 0 Å². The molecule has 7 heteroatoms. The molecule has 0 saturated heterocycles. The normalized spacial score (nSPS) is 11.7. The second-order valence-electron chi connectivity index (χ2n) is 9.95. The third-order valence-corrected chi connectivity index (χ3v) is 6.91. The molecule has 0 aliphatic heterocycles. The standard InChI is InChI=1S/C33H33F5O2/c1-2-3-4-5-20-39-29-18-15-25(31(34)22-29)11-7-24-10-19-30-27(21-24)14-13-26(32(30)35)12-6-23-8-16-28(17-9-23)40-33(36,37)38/h8-10,13-19,21-22H,2-7,11-12,20H2,1H3. The lowest BCUT2D eigenvalue weighted by Crippen LogP contribution is -2.17. The maximum absolute atomic E-state index is 15.2. The molecule has 0 heterocycles. The number of alkyl halides is 3. The quantitative estimate of drug-likeness (QED) is 0.121. The molecule has 0 N–H and O–H groups in total. The molecule has 0 aliphatic rings. The van der Waals surface area contributed by atoms with E-state index in [1.807, 2.05) is 18.2 Å². The second-order valence-corrected chi connectivity index (χ2v) is 9.95. The summed E-state index contributed by atoms with van der Waals surface area (Å²) in [7, 11) is 0. The summed E-state index contributed by atoms with van der Waals surface area (Å²) in [5.74, 6) is -0.337. The highest BCUT2D eigenvalue weighted by atomic mass is 19.4. The van der Waals surface area contributed by atoms with Gasteiger partial charge in [-0.3, -0.25) is 0 Å². The molecule has 0 fully saturated rings. The predicted molar refractivity (Wildman–Crippen MR) is 148 cm³/mol. The fraction of sp³-hybridized carbons (Fsp3) is 0.333. The Morgan fingerprint density at radius 1 is 0.650 bits per heavy atom. The van der Waals surface area contributed by atoms with Crippen LogP contribution in [0.3, 0.4) is 0 Å². The van der Waals surface area contributed by atoms with E-state index in [0.717, 1.165) is 35.8 Å². The van der Waals surface area contributed by atoms with Crippen molar-refractivity contribution in [2.75, 3.05) is 6.61 Å². The van der Waals surface area contributed by atoms with Gasteiger partial charge in [-0.25, -0.2) is 8.78 Å². The van der Waals surface area contributed by atoms with Crippen LogP contribution in [0.1, 0.15) is 54.9 Å². The first-order valence-electron chi connectivity index (χ1n) is 13.7. The van der Waals surface area contributed by atoms with Crippen molar-refractivity contribution in [2.45, 2.75) is 64.7 Å². The van der Waals surface area contributed by atoms with Crippen molar-refractivity contribution in [1.29, 1.82) is 0 Å². The van der Waals surface area contributed by atoms with Crippen LogP contribution in [0.2, 0.25) is 0 Å². The van der Waals surface area contributed by atoms with Crippen molar-refractivity contribution < 1.29 is 31.4 Å². The minimum atomic E-state index is -4.74. The van der Waals surface area contributed by atoms with Crippen molar-refractivity contribution in [3.63, 3.8) is 0 Å². The molecule has 4 aromatic rings. The van der Waals surface area contributed by atoms with E-state index < -0.39 is 6.36 Å². The van der Waals surface area contributed by atoms with Crippen LogP contribution in [0.5, 0.6) is 11.5 Å². The smallest absolute Gasteiger partial charge is 0.493 e. The summed E-state index contributed by atoms with van der Waals surface area (Å²) < 4.78 is 76.4. The molecule has 0 amide bonds. The first-order chi connectivity index (χ1) is 19.2. The zero-order chi connectivity index (χ0) is 28.5. The lowest BCUT2D eigenvalue weighted by Gasteiger charge is -2.11. The Morgan fingerprint density at radius 3 is 2.05 bits per heavy atom. The number of rotatable bonds is 13. The second kappa shape index (κ2) is 13.6. The van der Waals surface area contributed by atoms with E-state index in [2.05, 4.69) is 11.7 Å². The van der Waals surface area contributed by atoms with Gasteiger partial charge in [0.2, 0.25) is 0 Å². The molecular weight excluding hydrogens is 523 g/mol. The Kier molecular flexibility index (Phi) is 10.0. The van der Waals surface area contributed by atoms with Gasteiger partial charge in [0.1, 0.15) is 23.1 Å². The monoisotopic (exact) mass is 556 g/mol. The van der Waals surface area contributed by atoms with Gasteiger partial charge < -0.3 is 9.47 Å². The Bertz CT molecular complexity index is 1400. The van der Waals surface area contributed by atoms with Crippen LogP contribution in [-0.4, -0.2) is 13.0 Å². The molecule has 4 rings (SSSR count). The lowest BCUT2D eigenvalue weighted by molar-refractivity contribution is -0.274. The van der Waals surface area contributed by atoms with Gasteiger partial charge in [0.05, 0.1) is 6.61 Å². The first-order valence-corrected chi connectivity index (χ1v) is 13.7. The molecule has 0 aliphatic carbocycles. The van der Waals surface area contributed by atoms with Crippen molar-refractivity contribution in [3.05, 3.63) is 107 Å². The molecular formula is C33H33F5O2. The van der Waals surface area contributed by atoms with Crippen molar-refractivity contribution >= 4 is 10.8 Å². The largest absolute Gasteiger partial charge is 0.573 e. The van der Waals surface area contributed by atoms with Gasteiger partial charge in [0.15, 0.2) is 0 Å². The van der Waals surface area contributed by atoms with E-state index in [1.165, 1.54) is 24.6 Å². The highest BCUT2D eigenvalue weighted by molar-refractivity contribution is 5.84. The third kappa shape index (κ3) is 8.44. The van der Waals surface area contributed by atoms with Gasteiger partial charge in [0, 0.05) is 11.5 Å². The maximum Gasteiger partial charge on any atom is 0.573 e. The lowest BCUT2D eigenvalue weighted by atomic mass is 9.97. The number of benzene rings is 4. The first kappa shape index (κ1) is 29.4. The minimum absolute atomic E-state index is 0.286. The average Bonchev–Trinajstić information content (AvgIpc) is 2.92. The van der Waals surface area contributed by atoms with Crippen molar-refractivity contribution in [2.24, 2.45) is 0 Å². The Labute approximate surface area is 231 Å². The molecule has 0 radical (unpaired) electrons. The summed E-state index contributed by atoms with van der Waals surface area (Å²) in [4.78, 5) is 0. The third-order valence-electron chi connectivity index (χ3n) is 6.91. The summed E-state index contributed by atoms with van der Waals surface area (Å²) >= 11 is 0. The maximum atomic E-state index is 15.2. The molecule has 0 aromatic heterocycles. The van der Waals surface area contributed by atoms with E-state index in [9.17, 15) is 17.6 Å². The van der Waals surface area contributed by atoms with E-state index in [-0.39, 0.29) is 17.4 Å². The molecule has 4 aromatic carbocycles. The van der Waals surface area contributed by atoms with Crippen molar-refractivity contribution in [1.82, 2.24) is 0 Å². The van der Waals surface area contributed by atoms with Gasteiger partial charge in [-0.1, -0.05) is 74.7 Å². The van der Waals surface area contributed by atoms with Gasteiger partial charge in [-0.2, -0.15) is 0 Å². The summed E-state index contributed by atoms with van der Waals surface area (Å²) in [6.07, 6.45) is 1.66. The molecule has 212 valence electrons. The van der Waals surface area contributed by atoms with Crippen LogP contribution in [-0.2, 0) is 25.7 Å². The molecule has 0 atom stereocenters. The van der Waals surface area contributed by atoms with E-state index in [4.69, 9.17) is 4.74 Å². The average molecular weight is 557 g/mol. The zero-order valence-corrected chi connectivity index (χ0v) is 22.5. The van der Waals surface area contributed by atoms with Crippen molar-refractivity contribution in [3.8, 4) is 11.5 Å². The van der Waals surface area contributed by atoms with E-state index in [0.29, 0.717) is 54.6 Å². The molecule has 0 unspecified atom stereocenters. The van der Waals surface area contributed by atoms with E-state index >= 15 is 4.39 Å². The summed E-state index contributed by atoms with van der Waals surface area (Å²) in [6.45, 7) is 2.74. The number of ether oxygens (including phenoxy) is 2. The van der Waals surface area contributed by atoms with Gasteiger partial charge in [-0.05, 0) is 77.9 Å². The predicted octanol–water partition coefficient (Wildman–Crippen LogP) is 9.55. The Morgan fingerprint density at radius 2 is 1.32 bits per heavy atom. The van der Waals surface area contributed by atoms with Crippen LogP contribution < -0.4 is 9.47 Å². The summed E-state index contributed by atoms with van der Waals surface area (Å²) in [5.41, 5.74) is 2.91. The Hall–Kier alpha value is -3.61. The molecule has 0 spiro atoms. The molecule has 40 heavy (non-hydrogen) atoms. The fourth-order valence-corrected chi connectivity index (χ4v) is 4.69. The number of aryl methyl sites for hydroxylation is 4. The summed E-state index contributed by atoms with van der Waals surface area (Å²) in [5, 5.41) is 1.27.